The summed E-state index contributed by atoms with van der Waals surface area (Å²) in [6.07, 6.45) is 1.24. The van der Waals surface area contributed by atoms with Gasteiger partial charge in [0, 0.05) is 25.2 Å². The highest BCUT2D eigenvalue weighted by atomic mass is 35.5. The summed E-state index contributed by atoms with van der Waals surface area (Å²) in [7, 11) is 0. The number of para-hydroxylation sites is 1. The highest BCUT2D eigenvalue weighted by Gasteiger charge is 2.24. The molecule has 1 fully saturated rings. The summed E-state index contributed by atoms with van der Waals surface area (Å²) in [5.74, 6) is 0.723. The molecular formula is C15H23ClN2. The predicted molar refractivity (Wildman–Crippen MR) is 79.5 cm³/mol. The quantitative estimate of drug-likeness (QED) is 0.900. The van der Waals surface area contributed by atoms with Crippen LogP contribution >= 0.6 is 11.6 Å². The smallest absolute Gasteiger partial charge is 0.0639 e. The zero-order valence-corrected chi connectivity index (χ0v) is 12.3. The Morgan fingerprint density at radius 2 is 2.06 bits per heavy atom. The van der Waals surface area contributed by atoms with E-state index in [1.54, 1.807) is 0 Å². The minimum atomic E-state index is 0.206. The molecule has 1 unspecified atom stereocenters. The highest BCUT2D eigenvalue weighted by Crippen LogP contribution is 2.29. The van der Waals surface area contributed by atoms with Gasteiger partial charge >= 0.3 is 0 Å². The summed E-state index contributed by atoms with van der Waals surface area (Å²) in [5, 5.41) is 4.45. The van der Waals surface area contributed by atoms with E-state index in [1.807, 2.05) is 12.1 Å². The van der Waals surface area contributed by atoms with Crippen LogP contribution in [0.1, 0.15) is 27.2 Å². The topological polar surface area (TPSA) is 15.3 Å². The summed E-state index contributed by atoms with van der Waals surface area (Å²) < 4.78 is 0. The van der Waals surface area contributed by atoms with E-state index in [1.165, 1.54) is 12.1 Å². The lowest BCUT2D eigenvalue weighted by Crippen LogP contribution is -2.39. The molecule has 0 saturated carbocycles. The number of benzene rings is 1. The molecule has 1 N–H and O–H groups in total. The second-order valence-corrected chi connectivity index (χ2v) is 6.59. The van der Waals surface area contributed by atoms with Gasteiger partial charge < -0.3 is 10.2 Å². The molecule has 1 heterocycles. The minimum absolute atomic E-state index is 0.206. The van der Waals surface area contributed by atoms with Crippen LogP contribution < -0.4 is 10.2 Å². The van der Waals surface area contributed by atoms with E-state index in [0.29, 0.717) is 0 Å². The van der Waals surface area contributed by atoms with Gasteiger partial charge in [0.25, 0.3) is 0 Å². The number of anilines is 1. The summed E-state index contributed by atoms with van der Waals surface area (Å²) in [6.45, 7) is 9.95. The van der Waals surface area contributed by atoms with E-state index in [-0.39, 0.29) is 5.54 Å². The molecule has 2 rings (SSSR count). The third kappa shape index (κ3) is 3.63. The number of halogens is 1. The van der Waals surface area contributed by atoms with Gasteiger partial charge in [0.2, 0.25) is 0 Å². The molecule has 0 amide bonds. The predicted octanol–water partition coefficient (Wildman–Crippen LogP) is 3.55. The van der Waals surface area contributed by atoms with Gasteiger partial charge in [-0.3, -0.25) is 0 Å². The van der Waals surface area contributed by atoms with E-state index in [2.05, 4.69) is 43.1 Å². The molecule has 0 aromatic heterocycles. The van der Waals surface area contributed by atoms with Crippen molar-refractivity contribution in [3.63, 3.8) is 0 Å². The molecule has 1 atom stereocenters. The van der Waals surface area contributed by atoms with Crippen LogP contribution in [0.15, 0.2) is 24.3 Å². The largest absolute Gasteiger partial charge is 0.370 e. The summed E-state index contributed by atoms with van der Waals surface area (Å²) in [6, 6.07) is 8.13. The Labute approximate surface area is 115 Å². The molecule has 1 saturated heterocycles. The van der Waals surface area contributed by atoms with Crippen LogP contribution in [-0.2, 0) is 0 Å². The van der Waals surface area contributed by atoms with Gasteiger partial charge in [-0.05, 0) is 45.2 Å². The average molecular weight is 267 g/mol. The lowest BCUT2D eigenvalue weighted by Gasteiger charge is -2.24. The number of nitrogens with one attached hydrogen (secondary N) is 1. The molecular weight excluding hydrogens is 244 g/mol. The molecule has 2 nitrogen and oxygen atoms in total. The van der Waals surface area contributed by atoms with Crippen LogP contribution in [0.3, 0.4) is 0 Å². The van der Waals surface area contributed by atoms with Crippen molar-refractivity contribution < 1.29 is 0 Å². The zero-order valence-electron chi connectivity index (χ0n) is 11.5. The molecule has 1 aliphatic heterocycles. The average Bonchev–Trinajstić information content (AvgIpc) is 2.75. The van der Waals surface area contributed by atoms with Crippen molar-refractivity contribution in [2.24, 2.45) is 5.92 Å². The zero-order chi connectivity index (χ0) is 13.2. The highest BCUT2D eigenvalue weighted by molar-refractivity contribution is 6.33. The summed E-state index contributed by atoms with van der Waals surface area (Å²) in [5.41, 5.74) is 1.38. The third-order valence-electron chi connectivity index (χ3n) is 3.40. The van der Waals surface area contributed by atoms with E-state index in [9.17, 15) is 0 Å². The molecule has 1 aliphatic rings. The van der Waals surface area contributed by atoms with Crippen LogP contribution in [0.2, 0.25) is 5.02 Å². The molecule has 1 aromatic rings. The fraction of sp³-hybridized carbons (Fsp3) is 0.600. The standard InChI is InChI=1S/C15H23ClN2/c1-15(2,3)17-10-12-8-9-18(11-12)14-7-5-4-6-13(14)16/h4-7,12,17H,8-11H2,1-3H3. The molecule has 0 radical (unpaired) electrons. The number of hydrogen-bond donors (Lipinski definition) is 1. The summed E-state index contributed by atoms with van der Waals surface area (Å²) in [4.78, 5) is 2.40. The van der Waals surface area contributed by atoms with Crippen LogP contribution in [0.5, 0.6) is 0 Å². The van der Waals surface area contributed by atoms with Crippen LogP contribution in [0.4, 0.5) is 5.69 Å². The van der Waals surface area contributed by atoms with Crippen molar-refractivity contribution >= 4 is 17.3 Å². The molecule has 18 heavy (non-hydrogen) atoms. The Balaban J connectivity index is 1.91. The molecule has 1 aromatic carbocycles. The first-order valence-electron chi connectivity index (χ1n) is 6.70. The number of hydrogen-bond acceptors (Lipinski definition) is 2. The fourth-order valence-corrected chi connectivity index (χ4v) is 2.63. The SMILES string of the molecule is CC(C)(C)NCC1CCN(c2ccccc2Cl)C1. The lowest BCUT2D eigenvalue weighted by atomic mass is 10.1. The maximum Gasteiger partial charge on any atom is 0.0639 e. The second kappa shape index (κ2) is 5.50. The van der Waals surface area contributed by atoms with Crippen molar-refractivity contribution in [2.45, 2.75) is 32.7 Å². The van der Waals surface area contributed by atoms with E-state index >= 15 is 0 Å². The molecule has 0 spiro atoms. The normalized spacial score (nSPS) is 20.4. The third-order valence-corrected chi connectivity index (χ3v) is 3.72. The van der Waals surface area contributed by atoms with Gasteiger partial charge in [0.05, 0.1) is 10.7 Å². The van der Waals surface area contributed by atoms with Crippen LogP contribution in [0.25, 0.3) is 0 Å². The monoisotopic (exact) mass is 266 g/mol. The Kier molecular flexibility index (Phi) is 4.18. The van der Waals surface area contributed by atoms with Crippen molar-refractivity contribution in [1.82, 2.24) is 5.32 Å². The molecule has 0 aliphatic carbocycles. The van der Waals surface area contributed by atoms with Gasteiger partial charge in [-0.15, -0.1) is 0 Å². The van der Waals surface area contributed by atoms with Crippen molar-refractivity contribution in [1.29, 1.82) is 0 Å². The Bertz CT molecular complexity index is 398. The van der Waals surface area contributed by atoms with E-state index in [0.717, 1.165) is 30.6 Å². The molecule has 0 bridgehead atoms. The van der Waals surface area contributed by atoms with Gasteiger partial charge in [-0.25, -0.2) is 0 Å². The second-order valence-electron chi connectivity index (χ2n) is 6.18. The first-order chi connectivity index (χ1) is 8.46. The Morgan fingerprint density at radius 1 is 1.33 bits per heavy atom. The first kappa shape index (κ1) is 13.7. The first-order valence-corrected chi connectivity index (χ1v) is 7.08. The van der Waals surface area contributed by atoms with Gasteiger partial charge in [0.1, 0.15) is 0 Å². The molecule has 3 heteroatoms. The van der Waals surface area contributed by atoms with Crippen molar-refractivity contribution in [3.05, 3.63) is 29.3 Å². The van der Waals surface area contributed by atoms with Gasteiger partial charge in [-0.2, -0.15) is 0 Å². The van der Waals surface area contributed by atoms with E-state index < -0.39 is 0 Å². The molecule has 100 valence electrons. The van der Waals surface area contributed by atoms with Crippen LogP contribution in [-0.4, -0.2) is 25.2 Å². The van der Waals surface area contributed by atoms with Gasteiger partial charge in [0.15, 0.2) is 0 Å². The van der Waals surface area contributed by atoms with E-state index in [4.69, 9.17) is 11.6 Å². The minimum Gasteiger partial charge on any atom is -0.370 e. The lowest BCUT2D eigenvalue weighted by molar-refractivity contribution is 0.383. The summed E-state index contributed by atoms with van der Waals surface area (Å²) >= 11 is 6.24. The van der Waals surface area contributed by atoms with Gasteiger partial charge in [-0.1, -0.05) is 23.7 Å². The maximum atomic E-state index is 6.24. The maximum absolute atomic E-state index is 6.24. The van der Waals surface area contributed by atoms with Crippen molar-refractivity contribution in [3.8, 4) is 0 Å². The number of nitrogens with zero attached hydrogens (tertiary/aromatic N) is 1. The number of rotatable bonds is 3. The van der Waals surface area contributed by atoms with Crippen LogP contribution in [0, 0.1) is 5.92 Å². The Hall–Kier alpha value is -0.730. The van der Waals surface area contributed by atoms with Crippen molar-refractivity contribution in [2.75, 3.05) is 24.5 Å². The Morgan fingerprint density at radius 3 is 2.72 bits per heavy atom. The fourth-order valence-electron chi connectivity index (χ4n) is 2.38.